The molecule has 1 heterocycles. The standard InChI is InChI=1S/C21H21NO2S/c1-21(2,3)25-18-12-17(13-8-4-5-9-14(13)18)22-19(23)15-10-6-7-11-16(15)20(22)24/h4-11,17-18H,12H2,1-3H3/t17?,18-/m0/s1. The fourth-order valence-electron chi connectivity index (χ4n) is 3.84. The number of hydrogen-bond acceptors (Lipinski definition) is 3. The third-order valence-electron chi connectivity index (χ3n) is 4.77. The number of benzene rings is 2. The maximum atomic E-state index is 12.9. The van der Waals surface area contributed by atoms with E-state index in [-0.39, 0.29) is 22.6 Å². The lowest BCUT2D eigenvalue weighted by atomic mass is 10.1. The predicted molar refractivity (Wildman–Crippen MR) is 101 cm³/mol. The van der Waals surface area contributed by atoms with Crippen LogP contribution in [0.3, 0.4) is 0 Å². The van der Waals surface area contributed by atoms with E-state index in [0.717, 1.165) is 12.0 Å². The van der Waals surface area contributed by atoms with Gasteiger partial charge in [0.1, 0.15) is 0 Å². The van der Waals surface area contributed by atoms with Crippen molar-refractivity contribution in [3.63, 3.8) is 0 Å². The van der Waals surface area contributed by atoms with Crippen LogP contribution in [0.4, 0.5) is 0 Å². The summed E-state index contributed by atoms with van der Waals surface area (Å²) in [6.45, 7) is 6.61. The first-order valence-electron chi connectivity index (χ1n) is 8.60. The number of imide groups is 1. The van der Waals surface area contributed by atoms with Gasteiger partial charge in [0.15, 0.2) is 0 Å². The van der Waals surface area contributed by atoms with Gasteiger partial charge in [0.2, 0.25) is 0 Å². The topological polar surface area (TPSA) is 37.4 Å². The number of rotatable bonds is 2. The molecule has 3 nitrogen and oxygen atoms in total. The minimum atomic E-state index is -0.177. The number of fused-ring (bicyclic) bond motifs is 2. The quantitative estimate of drug-likeness (QED) is 0.715. The number of thioether (sulfide) groups is 1. The first-order chi connectivity index (χ1) is 11.9. The van der Waals surface area contributed by atoms with Gasteiger partial charge < -0.3 is 0 Å². The normalized spacial score (nSPS) is 22.3. The van der Waals surface area contributed by atoms with Crippen molar-refractivity contribution in [2.24, 2.45) is 0 Å². The van der Waals surface area contributed by atoms with Crippen LogP contribution in [0, 0.1) is 0 Å². The van der Waals surface area contributed by atoms with Crippen LogP contribution in [0.25, 0.3) is 0 Å². The Labute approximate surface area is 152 Å². The van der Waals surface area contributed by atoms with E-state index in [1.54, 1.807) is 12.1 Å². The summed E-state index contributed by atoms with van der Waals surface area (Å²) in [5, 5.41) is 0.297. The highest BCUT2D eigenvalue weighted by molar-refractivity contribution is 8.00. The zero-order chi connectivity index (χ0) is 17.8. The molecular weight excluding hydrogens is 330 g/mol. The number of carbonyl (C=O) groups excluding carboxylic acids is 2. The van der Waals surface area contributed by atoms with Gasteiger partial charge >= 0.3 is 0 Å². The predicted octanol–water partition coefficient (Wildman–Crippen LogP) is 5.00. The SMILES string of the molecule is CC(C)(C)S[C@H]1CC(N2C(=O)c3ccccc3C2=O)c2ccccc21. The number of hydrogen-bond donors (Lipinski definition) is 0. The molecule has 0 N–H and O–H groups in total. The van der Waals surface area contributed by atoms with Gasteiger partial charge in [-0.2, -0.15) is 0 Å². The average molecular weight is 351 g/mol. The van der Waals surface area contributed by atoms with E-state index in [2.05, 4.69) is 32.9 Å². The first kappa shape index (κ1) is 16.4. The van der Waals surface area contributed by atoms with E-state index >= 15 is 0 Å². The van der Waals surface area contributed by atoms with Crippen molar-refractivity contribution < 1.29 is 9.59 Å². The molecule has 0 saturated carbocycles. The van der Waals surface area contributed by atoms with E-state index in [0.29, 0.717) is 16.4 Å². The van der Waals surface area contributed by atoms with Crippen LogP contribution < -0.4 is 0 Å². The third-order valence-corrected chi connectivity index (χ3v) is 6.21. The molecular formula is C21H21NO2S. The minimum Gasteiger partial charge on any atom is -0.269 e. The van der Waals surface area contributed by atoms with Crippen LogP contribution in [0.5, 0.6) is 0 Å². The number of carbonyl (C=O) groups is 2. The Morgan fingerprint density at radius 1 is 0.880 bits per heavy atom. The Morgan fingerprint density at radius 2 is 1.40 bits per heavy atom. The molecule has 0 bridgehead atoms. The second kappa shape index (κ2) is 5.73. The van der Waals surface area contributed by atoms with Crippen LogP contribution in [0.2, 0.25) is 0 Å². The van der Waals surface area contributed by atoms with E-state index in [4.69, 9.17) is 0 Å². The smallest absolute Gasteiger partial charge is 0.262 e. The summed E-state index contributed by atoms with van der Waals surface area (Å²) in [4.78, 5) is 27.3. The highest BCUT2D eigenvalue weighted by Gasteiger charge is 2.45. The van der Waals surface area contributed by atoms with Crippen LogP contribution in [-0.4, -0.2) is 21.5 Å². The van der Waals surface area contributed by atoms with Gasteiger partial charge in [-0.05, 0) is 29.7 Å². The van der Waals surface area contributed by atoms with Crippen LogP contribution in [0.1, 0.15) is 70.3 Å². The molecule has 0 saturated heterocycles. The van der Waals surface area contributed by atoms with Gasteiger partial charge in [-0.3, -0.25) is 14.5 Å². The summed E-state index contributed by atoms with van der Waals surface area (Å²) < 4.78 is 0.120. The van der Waals surface area contributed by atoms with E-state index in [1.807, 2.05) is 36.0 Å². The Morgan fingerprint density at radius 3 is 1.96 bits per heavy atom. The molecule has 0 spiro atoms. The van der Waals surface area contributed by atoms with Crippen molar-refractivity contribution in [1.29, 1.82) is 0 Å². The molecule has 1 aliphatic carbocycles. The Kier molecular flexibility index (Phi) is 3.76. The van der Waals surface area contributed by atoms with Crippen molar-refractivity contribution in [2.45, 2.75) is 43.2 Å². The van der Waals surface area contributed by atoms with Gasteiger partial charge in [0.05, 0.1) is 17.2 Å². The molecule has 2 aromatic rings. The number of amides is 2. The Bertz CT molecular complexity index is 833. The molecule has 2 amide bonds. The molecule has 0 aromatic heterocycles. The Hall–Kier alpha value is -2.07. The van der Waals surface area contributed by atoms with Gasteiger partial charge in [-0.15, -0.1) is 11.8 Å². The largest absolute Gasteiger partial charge is 0.269 e. The summed E-state index contributed by atoms with van der Waals surface area (Å²) in [6, 6.07) is 15.2. The summed E-state index contributed by atoms with van der Waals surface area (Å²) >= 11 is 1.91. The molecule has 2 atom stereocenters. The molecule has 1 unspecified atom stereocenters. The van der Waals surface area contributed by atoms with Crippen molar-refractivity contribution in [3.05, 3.63) is 70.8 Å². The molecule has 128 valence electrons. The van der Waals surface area contributed by atoms with Gasteiger partial charge in [-0.25, -0.2) is 0 Å². The third kappa shape index (κ3) is 2.69. The van der Waals surface area contributed by atoms with Crippen molar-refractivity contribution in [2.75, 3.05) is 0 Å². The maximum absolute atomic E-state index is 12.9. The lowest BCUT2D eigenvalue weighted by molar-refractivity contribution is 0.0582. The van der Waals surface area contributed by atoms with Crippen molar-refractivity contribution >= 4 is 23.6 Å². The zero-order valence-electron chi connectivity index (χ0n) is 14.7. The average Bonchev–Trinajstić information content (AvgIpc) is 3.03. The molecule has 1 aliphatic heterocycles. The van der Waals surface area contributed by atoms with Crippen LogP contribution >= 0.6 is 11.8 Å². The highest BCUT2D eigenvalue weighted by atomic mass is 32.2. The van der Waals surface area contributed by atoms with Crippen molar-refractivity contribution in [3.8, 4) is 0 Å². The fraction of sp³-hybridized carbons (Fsp3) is 0.333. The second-order valence-electron chi connectivity index (χ2n) is 7.63. The number of nitrogens with zero attached hydrogens (tertiary/aromatic N) is 1. The summed E-state index contributed by atoms with van der Waals surface area (Å²) in [5.41, 5.74) is 3.41. The molecule has 0 radical (unpaired) electrons. The van der Waals surface area contributed by atoms with Gasteiger partial charge in [0.25, 0.3) is 11.8 Å². The van der Waals surface area contributed by atoms with Gasteiger partial charge in [0, 0.05) is 10.00 Å². The molecule has 2 aromatic carbocycles. The zero-order valence-corrected chi connectivity index (χ0v) is 15.5. The van der Waals surface area contributed by atoms with E-state index < -0.39 is 0 Å². The molecule has 4 rings (SSSR count). The summed E-state index contributed by atoms with van der Waals surface area (Å²) in [6.07, 6.45) is 0.784. The fourth-order valence-corrected chi connectivity index (χ4v) is 5.31. The molecule has 25 heavy (non-hydrogen) atoms. The van der Waals surface area contributed by atoms with E-state index in [9.17, 15) is 9.59 Å². The Balaban J connectivity index is 1.73. The van der Waals surface area contributed by atoms with Gasteiger partial charge in [-0.1, -0.05) is 57.2 Å². The minimum absolute atomic E-state index is 0.120. The second-order valence-corrected chi connectivity index (χ2v) is 9.65. The lowest BCUT2D eigenvalue weighted by Crippen LogP contribution is -2.33. The monoisotopic (exact) mass is 351 g/mol. The summed E-state index contributed by atoms with van der Waals surface area (Å²) in [7, 11) is 0. The molecule has 2 aliphatic rings. The molecule has 0 fully saturated rings. The highest BCUT2D eigenvalue weighted by Crippen LogP contribution is 2.53. The van der Waals surface area contributed by atoms with Crippen LogP contribution in [0.15, 0.2) is 48.5 Å². The maximum Gasteiger partial charge on any atom is 0.262 e. The molecule has 4 heteroatoms. The summed E-state index contributed by atoms with van der Waals surface area (Å²) in [5.74, 6) is -0.330. The lowest BCUT2D eigenvalue weighted by Gasteiger charge is -2.25. The van der Waals surface area contributed by atoms with Crippen molar-refractivity contribution in [1.82, 2.24) is 4.90 Å². The van der Waals surface area contributed by atoms with Crippen LogP contribution in [-0.2, 0) is 0 Å². The first-order valence-corrected chi connectivity index (χ1v) is 9.48. The van der Waals surface area contributed by atoms with E-state index in [1.165, 1.54) is 10.5 Å².